The Labute approximate surface area is 240 Å². The van der Waals surface area contributed by atoms with E-state index in [4.69, 9.17) is 0 Å². The summed E-state index contributed by atoms with van der Waals surface area (Å²) < 4.78 is 15.0. The number of aromatic amines is 1. The van der Waals surface area contributed by atoms with Gasteiger partial charge in [-0.2, -0.15) is 0 Å². The summed E-state index contributed by atoms with van der Waals surface area (Å²) in [5.74, 6) is -2.39. The highest BCUT2D eigenvalue weighted by Gasteiger charge is 2.34. The summed E-state index contributed by atoms with van der Waals surface area (Å²) in [4.78, 5) is 51.8. The zero-order chi connectivity index (χ0) is 28.1. The van der Waals surface area contributed by atoms with Crippen LogP contribution >= 0.6 is 12.4 Å². The number of benzene rings is 3. The lowest BCUT2D eigenvalue weighted by Crippen LogP contribution is -2.53. The SMILES string of the molecule is Cl.O=C(N[C@@H](Cc1ccccc1)C(=O)O)N[C@H]1N=C(c2ccccc2F)c2ccccc2N(Cc2cnc[nH]2)C1=O. The van der Waals surface area contributed by atoms with Crippen molar-refractivity contribution in [2.24, 2.45) is 4.99 Å². The number of imidazole rings is 1. The maximum atomic E-state index is 15.0. The maximum absolute atomic E-state index is 15.0. The lowest BCUT2D eigenvalue weighted by molar-refractivity contribution is -0.139. The van der Waals surface area contributed by atoms with Crippen LogP contribution in [0.25, 0.3) is 0 Å². The van der Waals surface area contributed by atoms with E-state index in [9.17, 15) is 19.5 Å². The zero-order valence-electron chi connectivity index (χ0n) is 21.5. The molecular weight excluding hydrogens is 551 g/mol. The molecule has 0 bridgehead atoms. The lowest BCUT2D eigenvalue weighted by atomic mass is 9.99. The molecule has 41 heavy (non-hydrogen) atoms. The van der Waals surface area contributed by atoms with Gasteiger partial charge in [0.05, 0.1) is 30.0 Å². The van der Waals surface area contributed by atoms with Crippen LogP contribution in [0.5, 0.6) is 0 Å². The normalized spacial score (nSPS) is 15.0. The fourth-order valence-corrected chi connectivity index (χ4v) is 4.47. The van der Waals surface area contributed by atoms with Crippen LogP contribution in [-0.4, -0.2) is 50.9 Å². The van der Waals surface area contributed by atoms with Crippen LogP contribution in [0.2, 0.25) is 0 Å². The Hall–Kier alpha value is -5.03. The second-order valence-corrected chi connectivity index (χ2v) is 9.08. The molecule has 4 aromatic rings. The van der Waals surface area contributed by atoms with E-state index >= 15 is 4.39 Å². The van der Waals surface area contributed by atoms with Gasteiger partial charge in [0.1, 0.15) is 11.9 Å². The van der Waals surface area contributed by atoms with Gasteiger partial charge in [0.15, 0.2) is 0 Å². The summed E-state index contributed by atoms with van der Waals surface area (Å²) in [5.41, 5.74) is 2.58. The van der Waals surface area contributed by atoms with Gasteiger partial charge in [-0.3, -0.25) is 4.79 Å². The molecule has 12 heteroatoms. The number of fused-ring (bicyclic) bond motifs is 1. The van der Waals surface area contributed by atoms with Crippen molar-refractivity contribution in [3.63, 3.8) is 0 Å². The van der Waals surface area contributed by atoms with Crippen molar-refractivity contribution in [2.75, 3.05) is 4.90 Å². The second kappa shape index (κ2) is 12.9. The van der Waals surface area contributed by atoms with E-state index in [1.807, 2.05) is 0 Å². The van der Waals surface area contributed by atoms with Gasteiger partial charge in [0.2, 0.25) is 6.17 Å². The number of hydrogen-bond acceptors (Lipinski definition) is 5. The highest BCUT2D eigenvalue weighted by Crippen LogP contribution is 2.30. The second-order valence-electron chi connectivity index (χ2n) is 9.08. The number of halogens is 2. The number of carbonyl (C=O) groups is 3. The largest absolute Gasteiger partial charge is 0.480 e. The Morgan fingerprint density at radius 2 is 1.68 bits per heavy atom. The molecule has 1 aromatic heterocycles. The van der Waals surface area contributed by atoms with Crippen molar-refractivity contribution in [2.45, 2.75) is 25.2 Å². The molecule has 3 aromatic carbocycles. The zero-order valence-corrected chi connectivity index (χ0v) is 22.3. The number of amides is 3. The standard InChI is InChI=1S/C29H25FN6O4.ClH/c30-22-12-6-4-10-20(22)25-21-11-5-7-13-24(21)36(16-19-15-31-17-32-19)27(37)26(34-25)35-29(40)33-23(28(38)39)14-18-8-2-1-3-9-18;/h1-13,15,17,23,26H,14,16H2,(H,31,32)(H,38,39)(H2,33,35,40);1H/t23-,26+;/m0./s1. The highest BCUT2D eigenvalue weighted by atomic mass is 35.5. The van der Waals surface area contributed by atoms with Gasteiger partial charge in [-0.05, 0) is 23.8 Å². The number of H-pyrrole nitrogens is 1. The van der Waals surface area contributed by atoms with Crippen LogP contribution in [-0.2, 0) is 22.6 Å². The summed E-state index contributed by atoms with van der Waals surface area (Å²) in [6, 6.07) is 19.6. The molecule has 4 N–H and O–H groups in total. The first-order chi connectivity index (χ1) is 19.4. The third-order valence-corrected chi connectivity index (χ3v) is 6.37. The van der Waals surface area contributed by atoms with Gasteiger partial charge in [-0.25, -0.2) is 24.0 Å². The quantitative estimate of drug-likeness (QED) is 0.253. The number of aliphatic carboxylic acids is 1. The number of benzodiazepines with no additional fused rings is 1. The van der Waals surface area contributed by atoms with E-state index in [2.05, 4.69) is 25.6 Å². The average Bonchev–Trinajstić information content (AvgIpc) is 3.44. The number of urea groups is 1. The van der Waals surface area contributed by atoms with Gasteiger partial charge in [-0.15, -0.1) is 12.4 Å². The monoisotopic (exact) mass is 576 g/mol. The van der Waals surface area contributed by atoms with Crippen LogP contribution in [0, 0.1) is 5.82 Å². The number of nitrogens with one attached hydrogen (secondary N) is 3. The van der Waals surface area contributed by atoms with E-state index in [0.717, 1.165) is 0 Å². The third kappa shape index (κ3) is 6.59. The summed E-state index contributed by atoms with van der Waals surface area (Å²) >= 11 is 0. The van der Waals surface area contributed by atoms with Gasteiger partial charge >= 0.3 is 12.0 Å². The van der Waals surface area contributed by atoms with Crippen molar-refractivity contribution < 1.29 is 23.9 Å². The van der Waals surface area contributed by atoms with Crippen molar-refractivity contribution in [3.8, 4) is 0 Å². The molecule has 210 valence electrons. The van der Waals surface area contributed by atoms with E-state index in [0.29, 0.717) is 22.5 Å². The fourth-order valence-electron chi connectivity index (χ4n) is 4.47. The molecule has 5 rings (SSSR count). The third-order valence-electron chi connectivity index (χ3n) is 6.37. The van der Waals surface area contributed by atoms with Crippen molar-refractivity contribution >= 4 is 41.7 Å². The Bertz CT molecular complexity index is 1560. The average molecular weight is 577 g/mol. The Morgan fingerprint density at radius 1 is 1.00 bits per heavy atom. The number of aliphatic imine (C=N–C) groups is 1. The number of nitrogens with zero attached hydrogens (tertiary/aromatic N) is 3. The van der Waals surface area contributed by atoms with E-state index < -0.39 is 35.9 Å². The maximum Gasteiger partial charge on any atom is 0.326 e. The Morgan fingerprint density at radius 3 is 2.37 bits per heavy atom. The molecule has 0 unspecified atom stereocenters. The number of hydrogen-bond donors (Lipinski definition) is 4. The number of aromatic nitrogens is 2. The molecule has 0 saturated carbocycles. The minimum absolute atomic E-state index is 0. The lowest BCUT2D eigenvalue weighted by Gasteiger charge is -2.25. The van der Waals surface area contributed by atoms with Crippen LogP contribution in [0.4, 0.5) is 14.9 Å². The van der Waals surface area contributed by atoms with E-state index in [1.165, 1.54) is 23.4 Å². The van der Waals surface area contributed by atoms with E-state index in [-0.39, 0.29) is 36.6 Å². The summed E-state index contributed by atoms with van der Waals surface area (Å²) in [5, 5.41) is 14.6. The van der Waals surface area contributed by atoms with Crippen molar-refractivity contribution in [3.05, 3.63) is 120 Å². The number of carboxylic acids is 1. The molecule has 0 fully saturated rings. The minimum Gasteiger partial charge on any atom is -0.480 e. The van der Waals surface area contributed by atoms with Gasteiger partial charge in [-0.1, -0.05) is 60.7 Å². The molecule has 0 spiro atoms. The fraction of sp³-hybridized carbons (Fsp3) is 0.138. The molecule has 1 aliphatic rings. The van der Waals surface area contributed by atoms with Crippen LogP contribution < -0.4 is 15.5 Å². The molecule has 0 aliphatic carbocycles. The predicted molar refractivity (Wildman–Crippen MR) is 153 cm³/mol. The Kier molecular flexibility index (Phi) is 9.10. The number of carbonyl (C=O) groups excluding carboxylic acids is 2. The van der Waals surface area contributed by atoms with Gasteiger partial charge in [0, 0.05) is 23.7 Å². The van der Waals surface area contributed by atoms with Crippen LogP contribution in [0.3, 0.4) is 0 Å². The molecule has 2 heterocycles. The molecule has 10 nitrogen and oxygen atoms in total. The molecular formula is C29H26ClFN6O4. The summed E-state index contributed by atoms with van der Waals surface area (Å²) in [6.07, 6.45) is 1.59. The smallest absolute Gasteiger partial charge is 0.326 e. The van der Waals surface area contributed by atoms with Crippen LogP contribution in [0.15, 0.2) is 96.4 Å². The first-order valence-electron chi connectivity index (χ1n) is 12.4. The van der Waals surface area contributed by atoms with Crippen molar-refractivity contribution in [1.82, 2.24) is 20.6 Å². The molecule has 0 saturated heterocycles. The molecule has 0 radical (unpaired) electrons. The van der Waals surface area contributed by atoms with E-state index in [1.54, 1.807) is 72.9 Å². The Balaban J connectivity index is 0.00000387. The first-order valence-corrected chi connectivity index (χ1v) is 12.4. The first kappa shape index (κ1) is 29.0. The number of anilines is 1. The van der Waals surface area contributed by atoms with Crippen molar-refractivity contribution in [1.29, 1.82) is 0 Å². The van der Waals surface area contributed by atoms with Crippen LogP contribution in [0.1, 0.15) is 22.4 Å². The number of carboxylic acid groups (broad SMARTS) is 1. The summed E-state index contributed by atoms with van der Waals surface area (Å²) in [7, 11) is 0. The van der Waals surface area contributed by atoms with Gasteiger partial charge < -0.3 is 25.6 Å². The number of para-hydroxylation sites is 1. The minimum atomic E-state index is -1.49. The predicted octanol–water partition coefficient (Wildman–Crippen LogP) is 3.68. The molecule has 1 aliphatic heterocycles. The number of rotatable bonds is 8. The summed E-state index contributed by atoms with van der Waals surface area (Å²) in [6.45, 7) is 0.0709. The molecule has 2 atom stereocenters. The topological polar surface area (TPSA) is 140 Å². The highest BCUT2D eigenvalue weighted by molar-refractivity contribution is 6.20. The van der Waals surface area contributed by atoms with Gasteiger partial charge in [0.25, 0.3) is 5.91 Å². The molecule has 3 amide bonds.